The lowest BCUT2D eigenvalue weighted by Gasteiger charge is -2.42. The van der Waals surface area contributed by atoms with Crippen LogP contribution in [0, 0.1) is 11.3 Å². The predicted octanol–water partition coefficient (Wildman–Crippen LogP) is 3.58. The van der Waals surface area contributed by atoms with Crippen molar-refractivity contribution in [3.05, 3.63) is 0 Å². The Morgan fingerprint density at radius 2 is 1.86 bits per heavy atom. The molecule has 2 fully saturated rings. The highest BCUT2D eigenvalue weighted by Gasteiger charge is 2.42. The highest BCUT2D eigenvalue weighted by molar-refractivity contribution is 5.83. The van der Waals surface area contributed by atoms with E-state index >= 15 is 0 Å². The standard InChI is InChI=1S/C18H34N2O/c1-4-18(10-12-19-13-11-18)17(21)20(14-9-15(2)3)16-7-5-6-8-16/h15-16,19H,4-14H2,1-3H3. The first kappa shape index (κ1) is 16.8. The van der Waals surface area contributed by atoms with Gasteiger partial charge in [0.05, 0.1) is 5.41 Å². The minimum absolute atomic E-state index is 0.0786. The molecule has 0 bridgehead atoms. The van der Waals surface area contributed by atoms with Crippen molar-refractivity contribution in [3.63, 3.8) is 0 Å². The van der Waals surface area contributed by atoms with E-state index in [0.717, 1.165) is 45.3 Å². The van der Waals surface area contributed by atoms with Gasteiger partial charge in [-0.05, 0) is 57.5 Å². The van der Waals surface area contributed by atoms with Crippen LogP contribution in [0.25, 0.3) is 0 Å². The number of nitrogens with zero attached hydrogens (tertiary/aromatic N) is 1. The molecule has 0 spiro atoms. The summed E-state index contributed by atoms with van der Waals surface area (Å²) in [5.41, 5.74) is -0.0786. The van der Waals surface area contributed by atoms with Gasteiger partial charge in [0, 0.05) is 12.6 Å². The number of piperidine rings is 1. The third-order valence-corrected chi connectivity index (χ3v) is 5.66. The van der Waals surface area contributed by atoms with Crippen molar-refractivity contribution in [2.75, 3.05) is 19.6 Å². The van der Waals surface area contributed by atoms with Crippen molar-refractivity contribution >= 4 is 5.91 Å². The summed E-state index contributed by atoms with van der Waals surface area (Å²) in [6.45, 7) is 9.70. The quantitative estimate of drug-likeness (QED) is 0.812. The summed E-state index contributed by atoms with van der Waals surface area (Å²) in [7, 11) is 0. The number of hydrogen-bond donors (Lipinski definition) is 1. The van der Waals surface area contributed by atoms with E-state index in [-0.39, 0.29) is 5.41 Å². The average molecular weight is 294 g/mol. The monoisotopic (exact) mass is 294 g/mol. The third kappa shape index (κ3) is 4.00. The van der Waals surface area contributed by atoms with Crippen LogP contribution in [0.3, 0.4) is 0 Å². The van der Waals surface area contributed by atoms with Crippen LogP contribution in [0.2, 0.25) is 0 Å². The minimum atomic E-state index is -0.0786. The fourth-order valence-corrected chi connectivity index (χ4v) is 3.99. The van der Waals surface area contributed by atoms with Gasteiger partial charge in [-0.2, -0.15) is 0 Å². The van der Waals surface area contributed by atoms with Crippen LogP contribution in [0.1, 0.15) is 72.1 Å². The fraction of sp³-hybridized carbons (Fsp3) is 0.944. The second-order valence-corrected chi connectivity index (χ2v) is 7.50. The lowest BCUT2D eigenvalue weighted by Crippen LogP contribution is -2.52. The van der Waals surface area contributed by atoms with Crippen molar-refractivity contribution in [2.24, 2.45) is 11.3 Å². The summed E-state index contributed by atoms with van der Waals surface area (Å²) >= 11 is 0. The van der Waals surface area contributed by atoms with Crippen molar-refractivity contribution in [3.8, 4) is 0 Å². The Kier molecular flexibility index (Phi) is 6.09. The van der Waals surface area contributed by atoms with Gasteiger partial charge in [0.2, 0.25) is 5.91 Å². The molecule has 2 aliphatic rings. The van der Waals surface area contributed by atoms with Crippen molar-refractivity contribution in [1.82, 2.24) is 10.2 Å². The molecule has 1 aliphatic heterocycles. The molecule has 1 aliphatic carbocycles. The maximum absolute atomic E-state index is 13.3. The zero-order valence-electron chi connectivity index (χ0n) is 14.3. The van der Waals surface area contributed by atoms with Crippen LogP contribution in [0.5, 0.6) is 0 Å². The summed E-state index contributed by atoms with van der Waals surface area (Å²) < 4.78 is 0. The molecule has 21 heavy (non-hydrogen) atoms. The molecule has 1 saturated heterocycles. The third-order valence-electron chi connectivity index (χ3n) is 5.66. The summed E-state index contributed by atoms with van der Waals surface area (Å²) in [6, 6.07) is 0.523. The van der Waals surface area contributed by atoms with Gasteiger partial charge in [0.15, 0.2) is 0 Å². The van der Waals surface area contributed by atoms with Gasteiger partial charge in [-0.15, -0.1) is 0 Å². The molecule has 0 aromatic heterocycles. The van der Waals surface area contributed by atoms with Crippen molar-refractivity contribution in [1.29, 1.82) is 0 Å². The maximum atomic E-state index is 13.3. The van der Waals surface area contributed by atoms with E-state index in [2.05, 4.69) is 31.0 Å². The second kappa shape index (κ2) is 7.62. The molecule has 0 aromatic carbocycles. The van der Waals surface area contributed by atoms with Crippen LogP contribution in [-0.4, -0.2) is 36.5 Å². The van der Waals surface area contributed by atoms with Crippen LogP contribution in [0.4, 0.5) is 0 Å². The molecule has 122 valence electrons. The first-order valence-corrected chi connectivity index (χ1v) is 9.11. The molecular weight excluding hydrogens is 260 g/mol. The smallest absolute Gasteiger partial charge is 0.229 e. The van der Waals surface area contributed by atoms with Gasteiger partial charge < -0.3 is 10.2 Å². The number of carbonyl (C=O) groups is 1. The summed E-state index contributed by atoms with van der Waals surface area (Å²) in [5.74, 6) is 1.14. The number of nitrogens with one attached hydrogen (secondary N) is 1. The number of amides is 1. The van der Waals surface area contributed by atoms with E-state index in [1.807, 2.05) is 0 Å². The van der Waals surface area contributed by atoms with E-state index in [4.69, 9.17) is 0 Å². The van der Waals surface area contributed by atoms with Crippen molar-refractivity contribution in [2.45, 2.75) is 78.2 Å². The van der Waals surface area contributed by atoms with Crippen LogP contribution in [-0.2, 0) is 4.79 Å². The topological polar surface area (TPSA) is 32.3 Å². The van der Waals surface area contributed by atoms with Crippen LogP contribution < -0.4 is 5.32 Å². The largest absolute Gasteiger partial charge is 0.339 e. The van der Waals surface area contributed by atoms with E-state index in [9.17, 15) is 4.79 Å². The van der Waals surface area contributed by atoms with Gasteiger partial charge in [0.25, 0.3) is 0 Å². The molecule has 3 heteroatoms. The van der Waals surface area contributed by atoms with Gasteiger partial charge in [-0.25, -0.2) is 0 Å². The minimum Gasteiger partial charge on any atom is -0.339 e. The Morgan fingerprint density at radius 1 is 1.24 bits per heavy atom. The molecule has 1 amide bonds. The Balaban J connectivity index is 2.11. The molecule has 3 nitrogen and oxygen atoms in total. The lowest BCUT2D eigenvalue weighted by molar-refractivity contribution is -0.146. The Hall–Kier alpha value is -0.570. The first-order valence-electron chi connectivity index (χ1n) is 9.11. The Labute approximate surface area is 130 Å². The Morgan fingerprint density at radius 3 is 2.38 bits per heavy atom. The molecule has 0 unspecified atom stereocenters. The summed E-state index contributed by atoms with van der Waals surface area (Å²) in [4.78, 5) is 15.6. The highest BCUT2D eigenvalue weighted by Crippen LogP contribution is 2.37. The molecule has 1 N–H and O–H groups in total. The Bertz CT molecular complexity index is 328. The van der Waals surface area contributed by atoms with Gasteiger partial charge in [0.1, 0.15) is 0 Å². The molecule has 1 saturated carbocycles. The lowest BCUT2D eigenvalue weighted by atomic mass is 9.75. The van der Waals surface area contributed by atoms with E-state index in [1.165, 1.54) is 25.7 Å². The summed E-state index contributed by atoms with van der Waals surface area (Å²) in [5, 5.41) is 3.42. The van der Waals surface area contributed by atoms with Crippen LogP contribution in [0.15, 0.2) is 0 Å². The van der Waals surface area contributed by atoms with Crippen molar-refractivity contribution < 1.29 is 4.79 Å². The van der Waals surface area contributed by atoms with Gasteiger partial charge >= 0.3 is 0 Å². The SMILES string of the molecule is CCC1(C(=O)N(CCC(C)C)C2CCCC2)CCNCC1. The molecule has 0 radical (unpaired) electrons. The number of rotatable bonds is 6. The fourth-order valence-electron chi connectivity index (χ4n) is 3.99. The van der Waals surface area contributed by atoms with Gasteiger partial charge in [-0.3, -0.25) is 4.79 Å². The van der Waals surface area contributed by atoms with E-state index < -0.39 is 0 Å². The van der Waals surface area contributed by atoms with E-state index in [1.54, 1.807) is 0 Å². The van der Waals surface area contributed by atoms with Crippen LogP contribution >= 0.6 is 0 Å². The molecule has 2 rings (SSSR count). The average Bonchev–Trinajstić information content (AvgIpc) is 3.02. The molecule has 0 atom stereocenters. The maximum Gasteiger partial charge on any atom is 0.229 e. The highest BCUT2D eigenvalue weighted by atomic mass is 16.2. The first-order chi connectivity index (χ1) is 10.1. The second-order valence-electron chi connectivity index (χ2n) is 7.50. The summed E-state index contributed by atoms with van der Waals surface area (Å²) in [6.07, 6.45) is 9.23. The normalized spacial score (nSPS) is 22.7. The molecule has 0 aromatic rings. The molecule has 1 heterocycles. The zero-order chi connectivity index (χ0) is 15.3. The van der Waals surface area contributed by atoms with E-state index in [0.29, 0.717) is 17.9 Å². The number of carbonyl (C=O) groups excluding carboxylic acids is 1. The zero-order valence-corrected chi connectivity index (χ0v) is 14.3. The van der Waals surface area contributed by atoms with Gasteiger partial charge in [-0.1, -0.05) is 33.6 Å². The molecular formula is C18H34N2O. The number of hydrogen-bond acceptors (Lipinski definition) is 2. The predicted molar refractivity (Wildman–Crippen MR) is 88.3 cm³/mol.